The Balaban J connectivity index is 0.473. The Bertz CT molecular complexity index is 9200. The molecule has 0 bridgehead atoms. The Morgan fingerprint density at radius 3 is 0.764 bits per heavy atom. The zero-order valence-electron chi connectivity index (χ0n) is 79.1. The molecule has 0 N–H and O–H groups in total. The van der Waals surface area contributed by atoms with Crippen LogP contribution in [0.15, 0.2) is 570 Å². The summed E-state index contributed by atoms with van der Waals surface area (Å²) >= 11 is 0. The molecule has 0 aliphatic heterocycles. The summed E-state index contributed by atoms with van der Waals surface area (Å²) in [6.45, 7) is 0. The molecule has 0 aliphatic rings. The molecule has 0 saturated heterocycles. The Labute approximate surface area is 838 Å². The molecule has 4 heteroatoms. The second-order valence-electron chi connectivity index (χ2n) is 37.5. The lowest BCUT2D eigenvalue weighted by molar-refractivity contribution is 1.18. The molecular formula is C140H94N4. The molecule has 26 rings (SSSR count). The maximum Gasteiger partial charge on any atom is 0.0547 e. The molecule has 0 radical (unpaired) electrons. The third-order valence-electron chi connectivity index (χ3n) is 28.9. The van der Waals surface area contributed by atoms with Gasteiger partial charge in [0.05, 0.1) is 33.4 Å². The van der Waals surface area contributed by atoms with Crippen LogP contribution in [0.5, 0.6) is 0 Å². The maximum atomic E-state index is 2.48. The van der Waals surface area contributed by atoms with Gasteiger partial charge in [-0.3, -0.25) is 0 Å². The van der Waals surface area contributed by atoms with Gasteiger partial charge in [0.25, 0.3) is 0 Å². The Hall–Kier alpha value is -19.0. The minimum Gasteiger partial charge on any atom is -0.310 e. The van der Waals surface area contributed by atoms with Crippen molar-refractivity contribution in [2.24, 2.45) is 0 Å². The van der Waals surface area contributed by atoms with Gasteiger partial charge in [-0.05, 0) is 301 Å². The van der Waals surface area contributed by atoms with Crippen LogP contribution in [0, 0.1) is 0 Å². The summed E-state index contributed by atoms with van der Waals surface area (Å²) in [5.74, 6) is 0. The summed E-state index contributed by atoms with van der Waals surface area (Å²) in [6.07, 6.45) is 0. The Morgan fingerprint density at radius 2 is 0.347 bits per heavy atom. The number of hydrogen-bond donors (Lipinski definition) is 0. The number of anilines is 6. The molecule has 674 valence electrons. The van der Waals surface area contributed by atoms with E-state index in [1.165, 1.54) is 93.1 Å². The second-order valence-corrected chi connectivity index (χ2v) is 37.5. The van der Waals surface area contributed by atoms with Crippen molar-refractivity contribution in [3.05, 3.63) is 570 Å². The Morgan fingerprint density at radius 1 is 0.111 bits per heavy atom. The van der Waals surface area contributed by atoms with Crippen LogP contribution in [0.3, 0.4) is 0 Å². The first-order valence-corrected chi connectivity index (χ1v) is 49.5. The van der Waals surface area contributed by atoms with Gasteiger partial charge in [-0.2, -0.15) is 0 Å². The van der Waals surface area contributed by atoms with E-state index in [1.54, 1.807) is 0 Å². The van der Waals surface area contributed by atoms with Crippen LogP contribution in [0.4, 0.5) is 34.1 Å². The minimum absolute atomic E-state index is 1.05. The lowest BCUT2D eigenvalue weighted by Gasteiger charge is -2.27. The van der Waals surface area contributed by atoms with Crippen molar-refractivity contribution >= 4 is 99.3 Å². The third-order valence-corrected chi connectivity index (χ3v) is 28.9. The highest BCUT2D eigenvalue weighted by atomic mass is 15.1. The van der Waals surface area contributed by atoms with Gasteiger partial charge in [-0.1, -0.05) is 425 Å². The average Bonchev–Trinajstić information content (AvgIpc) is 1.60. The van der Waals surface area contributed by atoms with Crippen molar-refractivity contribution in [3.8, 4) is 156 Å². The van der Waals surface area contributed by atoms with E-state index in [1.807, 2.05) is 0 Å². The molecule has 2 heterocycles. The molecule has 0 saturated carbocycles. The molecule has 24 aromatic carbocycles. The van der Waals surface area contributed by atoms with E-state index in [0.717, 1.165) is 162 Å². The molecule has 4 nitrogen and oxygen atoms in total. The SMILES string of the molecule is c1ccc(-c2ccc(-c3cccc(N(c4ccc(-c5ccc(-c6ccccc6-n6c7ccccc7c7ccc(-c8ccc9cc(-c%10cccc(-c%11ccc(N(c%12ccc(-c%13ccc(-c%14ccccc%14-n%14c%15ccccc%15c%15ccccc%15%14)cc%13)cc%12)c%12cc(-c%13ccccc%13)cc(-c%13ccccc%13)c%12)cc%11)c%10)ccc9c8)cc76)cc5)cc4)c4ccc(-c5cccc(-c6ccc7ccccc7c6)c5)cc4)c3)cc2)cc1. The largest absolute Gasteiger partial charge is 0.310 e. The van der Waals surface area contributed by atoms with Crippen molar-refractivity contribution < 1.29 is 0 Å². The quantitative estimate of drug-likeness (QED) is 0.0713. The van der Waals surface area contributed by atoms with Gasteiger partial charge in [0, 0.05) is 66.8 Å². The summed E-state index contributed by atoms with van der Waals surface area (Å²) in [4.78, 5) is 4.79. The number of rotatable bonds is 21. The van der Waals surface area contributed by atoms with E-state index >= 15 is 0 Å². The standard InChI is InChI=1S/C140H94N4/c1-4-25-95(26-5-1)99-49-51-104(52-50-99)114-37-24-38-127(91-114)141(124-80-71-105(72-81-124)110-33-22-35-112(85-110)115-62-57-98-31-10-11-32-109(98)87-115)123-76-67-102(68-77-123)100-55-60-108(61-56-100)130-40-13-18-45-136(130)144-139-48-21-16-43-133(139)134-84-75-120(94-140(134)144)119-66-65-117-88-116(63-64-118(117)89-119)113-36-23-34-111(86-113)106-73-82-126(83-74-106)142(128-92-121(96-27-6-2-7-28-96)90-122(93-128)97-29-8-3-9-30-97)125-78-69-103(70-79-125)101-53-58-107(59-54-101)129-39-12-17-44-135(129)143-137-46-19-14-41-131(137)132-42-15-20-47-138(132)143/h1-94H. The first-order chi connectivity index (χ1) is 71.3. The van der Waals surface area contributed by atoms with Crippen LogP contribution in [-0.4, -0.2) is 9.13 Å². The summed E-state index contributed by atoms with van der Waals surface area (Å²) in [5.41, 5.74) is 43.6. The van der Waals surface area contributed by atoms with E-state index in [4.69, 9.17) is 0 Å². The van der Waals surface area contributed by atoms with E-state index in [0.29, 0.717) is 0 Å². The average molecular weight is 1830 g/mol. The highest BCUT2D eigenvalue weighted by molar-refractivity contribution is 6.12. The van der Waals surface area contributed by atoms with Gasteiger partial charge in [0.2, 0.25) is 0 Å². The lowest BCUT2D eigenvalue weighted by Crippen LogP contribution is -2.10. The molecule has 0 atom stereocenters. The molecule has 0 amide bonds. The van der Waals surface area contributed by atoms with E-state index in [9.17, 15) is 0 Å². The zero-order chi connectivity index (χ0) is 95.3. The van der Waals surface area contributed by atoms with Crippen molar-refractivity contribution in [2.75, 3.05) is 9.80 Å². The molecule has 144 heavy (non-hydrogen) atoms. The van der Waals surface area contributed by atoms with Gasteiger partial charge in [-0.15, -0.1) is 0 Å². The Kier molecular flexibility index (Phi) is 22.0. The number of para-hydroxylation sites is 5. The maximum absolute atomic E-state index is 2.48. The zero-order valence-corrected chi connectivity index (χ0v) is 79.1. The fourth-order valence-electron chi connectivity index (χ4n) is 21.6. The highest BCUT2D eigenvalue weighted by Crippen LogP contribution is 2.48. The molecule has 0 spiro atoms. The minimum atomic E-state index is 1.05. The van der Waals surface area contributed by atoms with Crippen LogP contribution in [0.1, 0.15) is 0 Å². The molecule has 26 aromatic rings. The fourth-order valence-corrected chi connectivity index (χ4v) is 21.6. The van der Waals surface area contributed by atoms with Crippen LogP contribution in [0.25, 0.3) is 221 Å². The number of hydrogen-bond acceptors (Lipinski definition) is 2. The normalized spacial score (nSPS) is 11.5. The summed E-state index contributed by atoms with van der Waals surface area (Å²) in [5, 5.41) is 9.78. The molecule has 0 fully saturated rings. The summed E-state index contributed by atoms with van der Waals surface area (Å²) in [6, 6.07) is 210. The number of fused-ring (bicyclic) bond motifs is 8. The van der Waals surface area contributed by atoms with E-state index < -0.39 is 0 Å². The summed E-state index contributed by atoms with van der Waals surface area (Å²) in [7, 11) is 0. The molecular weight excluding hydrogens is 1740 g/mol. The van der Waals surface area contributed by atoms with Crippen LogP contribution in [0.2, 0.25) is 0 Å². The first kappa shape index (κ1) is 85.4. The number of aromatic nitrogens is 2. The molecule has 2 aromatic heterocycles. The van der Waals surface area contributed by atoms with Crippen molar-refractivity contribution in [2.45, 2.75) is 0 Å². The number of nitrogens with zero attached hydrogens (tertiary/aromatic N) is 4. The van der Waals surface area contributed by atoms with E-state index in [2.05, 4.69) is 589 Å². The van der Waals surface area contributed by atoms with Gasteiger partial charge >= 0.3 is 0 Å². The van der Waals surface area contributed by atoms with Gasteiger partial charge in [0.15, 0.2) is 0 Å². The van der Waals surface area contributed by atoms with Crippen molar-refractivity contribution in [1.82, 2.24) is 9.13 Å². The first-order valence-electron chi connectivity index (χ1n) is 49.5. The second kappa shape index (κ2) is 37.1. The highest BCUT2D eigenvalue weighted by Gasteiger charge is 2.24. The smallest absolute Gasteiger partial charge is 0.0547 e. The van der Waals surface area contributed by atoms with Crippen LogP contribution >= 0.6 is 0 Å². The molecule has 0 unspecified atom stereocenters. The fraction of sp³-hybridized carbons (Fsp3) is 0. The van der Waals surface area contributed by atoms with Gasteiger partial charge in [-0.25, -0.2) is 0 Å². The van der Waals surface area contributed by atoms with Crippen LogP contribution in [-0.2, 0) is 0 Å². The third kappa shape index (κ3) is 16.3. The monoisotopic (exact) mass is 1830 g/mol. The predicted molar refractivity (Wildman–Crippen MR) is 610 cm³/mol. The van der Waals surface area contributed by atoms with Gasteiger partial charge in [0.1, 0.15) is 0 Å². The summed E-state index contributed by atoms with van der Waals surface area (Å²) < 4.78 is 4.89. The topological polar surface area (TPSA) is 16.3 Å². The molecule has 0 aliphatic carbocycles. The van der Waals surface area contributed by atoms with Crippen molar-refractivity contribution in [1.29, 1.82) is 0 Å². The number of benzene rings is 24. The van der Waals surface area contributed by atoms with E-state index in [-0.39, 0.29) is 0 Å². The van der Waals surface area contributed by atoms with Crippen molar-refractivity contribution in [3.63, 3.8) is 0 Å². The van der Waals surface area contributed by atoms with Gasteiger partial charge < -0.3 is 18.9 Å². The lowest BCUT2D eigenvalue weighted by atomic mass is 9.95. The predicted octanol–water partition coefficient (Wildman–Crippen LogP) is 38.8. The van der Waals surface area contributed by atoms with Crippen LogP contribution < -0.4 is 9.80 Å².